The average Bonchev–Trinajstić information content (AvgIpc) is 2.18. The van der Waals surface area contributed by atoms with Crippen LogP contribution in [0.2, 0.25) is 0 Å². The van der Waals surface area contributed by atoms with Crippen molar-refractivity contribution in [3.8, 4) is 0 Å². The molecule has 15 heavy (non-hydrogen) atoms. The van der Waals surface area contributed by atoms with E-state index in [0.717, 1.165) is 0 Å². The highest BCUT2D eigenvalue weighted by Gasteiger charge is 2.18. The summed E-state index contributed by atoms with van der Waals surface area (Å²) in [6.07, 6.45) is 0.457. The van der Waals surface area contributed by atoms with E-state index in [1.165, 1.54) is 0 Å². The summed E-state index contributed by atoms with van der Waals surface area (Å²) in [4.78, 5) is 0. The average molecular weight is 221 g/mol. The summed E-state index contributed by atoms with van der Waals surface area (Å²) in [7, 11) is 0. The molecule has 0 aliphatic carbocycles. The monoisotopic (exact) mass is 221 g/mol. The molecule has 0 radical (unpaired) electrons. The zero-order valence-corrected chi connectivity index (χ0v) is 8.16. The van der Waals surface area contributed by atoms with Gasteiger partial charge in [0.2, 0.25) is 0 Å². The largest absolute Gasteiger partial charge is 0.328 e. The van der Waals surface area contributed by atoms with Crippen LogP contribution in [0.5, 0.6) is 0 Å². The molecule has 0 saturated heterocycles. The van der Waals surface area contributed by atoms with Crippen LogP contribution in [0.3, 0.4) is 0 Å². The van der Waals surface area contributed by atoms with Gasteiger partial charge in [-0.2, -0.15) is 0 Å². The van der Waals surface area contributed by atoms with Gasteiger partial charge in [-0.1, -0.05) is 0 Å². The lowest BCUT2D eigenvalue weighted by Gasteiger charge is -2.07. The molecule has 1 aromatic carbocycles. The molecule has 0 bridgehead atoms. The molecule has 5 heteroatoms. The molecule has 1 rings (SSSR count). The second kappa shape index (κ2) is 4.61. The van der Waals surface area contributed by atoms with Crippen molar-refractivity contribution in [1.82, 2.24) is 0 Å². The number of hydrogen-bond acceptors (Lipinski definition) is 1. The first-order valence-electron chi connectivity index (χ1n) is 4.51. The van der Waals surface area contributed by atoms with Crippen LogP contribution in [0.1, 0.15) is 18.9 Å². The first-order chi connectivity index (χ1) is 6.93. The van der Waals surface area contributed by atoms with Gasteiger partial charge in [-0.3, -0.25) is 0 Å². The Labute approximate surface area is 84.9 Å². The fraction of sp³-hybridized carbons (Fsp3) is 0.400. The third kappa shape index (κ3) is 2.68. The molecule has 0 saturated carbocycles. The third-order valence-electron chi connectivity index (χ3n) is 2.05. The maximum Gasteiger partial charge on any atom is 0.197 e. The summed E-state index contributed by atoms with van der Waals surface area (Å²) in [5.41, 5.74) is 5.22. The van der Waals surface area contributed by atoms with Crippen molar-refractivity contribution < 1.29 is 17.6 Å². The standard InChI is InChI=1S/C10H11F4N/c1-5(15)2-3-6-4-7(11)9(13)10(14)8(6)12/h4-5H,2-3,15H2,1H3/t5-/m0/s1. The third-order valence-corrected chi connectivity index (χ3v) is 2.05. The van der Waals surface area contributed by atoms with Crippen molar-refractivity contribution in [2.75, 3.05) is 0 Å². The Kier molecular flexibility index (Phi) is 3.68. The second-order valence-corrected chi connectivity index (χ2v) is 3.48. The van der Waals surface area contributed by atoms with Crippen LogP contribution in [-0.4, -0.2) is 6.04 Å². The predicted molar refractivity (Wildman–Crippen MR) is 48.2 cm³/mol. The topological polar surface area (TPSA) is 26.0 Å². The van der Waals surface area contributed by atoms with E-state index < -0.39 is 23.3 Å². The fourth-order valence-corrected chi connectivity index (χ4v) is 1.19. The molecule has 0 aliphatic rings. The van der Waals surface area contributed by atoms with Gasteiger partial charge in [0.1, 0.15) is 0 Å². The normalized spacial score (nSPS) is 12.9. The summed E-state index contributed by atoms with van der Waals surface area (Å²) in [5.74, 6) is -6.27. The molecule has 1 nitrogen and oxygen atoms in total. The minimum Gasteiger partial charge on any atom is -0.328 e. The Bertz CT molecular complexity index is 363. The molecule has 1 atom stereocenters. The van der Waals surface area contributed by atoms with Crippen molar-refractivity contribution in [2.24, 2.45) is 5.73 Å². The Morgan fingerprint density at radius 2 is 1.73 bits per heavy atom. The van der Waals surface area contributed by atoms with Crippen LogP contribution in [-0.2, 0) is 6.42 Å². The van der Waals surface area contributed by atoms with Gasteiger partial charge >= 0.3 is 0 Å². The van der Waals surface area contributed by atoms with Crippen LogP contribution in [0.4, 0.5) is 17.6 Å². The van der Waals surface area contributed by atoms with E-state index in [-0.39, 0.29) is 18.0 Å². The quantitative estimate of drug-likeness (QED) is 0.473. The zero-order valence-electron chi connectivity index (χ0n) is 8.16. The van der Waals surface area contributed by atoms with Gasteiger partial charge in [-0.15, -0.1) is 0 Å². The number of aryl methyl sites for hydroxylation is 1. The summed E-state index contributed by atoms with van der Waals surface area (Å²) in [5, 5.41) is 0. The molecular weight excluding hydrogens is 210 g/mol. The van der Waals surface area contributed by atoms with Gasteiger partial charge < -0.3 is 5.73 Å². The molecule has 0 unspecified atom stereocenters. The second-order valence-electron chi connectivity index (χ2n) is 3.48. The minimum absolute atomic E-state index is 0.0810. The molecular formula is C10H11F4N. The predicted octanol–water partition coefficient (Wildman–Crippen LogP) is 2.52. The van der Waals surface area contributed by atoms with Gasteiger partial charge in [0.15, 0.2) is 23.3 Å². The summed E-state index contributed by atoms with van der Waals surface area (Å²) < 4.78 is 51.1. The van der Waals surface area contributed by atoms with E-state index in [1.807, 2.05) is 0 Å². The molecule has 0 aliphatic heterocycles. The number of nitrogens with two attached hydrogens (primary N) is 1. The van der Waals surface area contributed by atoms with Gasteiger partial charge in [-0.05, 0) is 31.4 Å². The highest BCUT2D eigenvalue weighted by atomic mass is 19.2. The van der Waals surface area contributed by atoms with Crippen LogP contribution in [0, 0.1) is 23.3 Å². The molecule has 0 amide bonds. The van der Waals surface area contributed by atoms with Crippen molar-refractivity contribution in [2.45, 2.75) is 25.8 Å². The van der Waals surface area contributed by atoms with Crippen molar-refractivity contribution >= 4 is 0 Å². The van der Waals surface area contributed by atoms with E-state index in [2.05, 4.69) is 0 Å². The Hall–Kier alpha value is -1.10. The van der Waals surface area contributed by atoms with Crippen LogP contribution in [0.25, 0.3) is 0 Å². The van der Waals surface area contributed by atoms with Crippen molar-refractivity contribution in [3.05, 3.63) is 34.9 Å². The SMILES string of the molecule is C[C@H](N)CCc1cc(F)c(F)c(F)c1F. The molecule has 0 aromatic heterocycles. The summed E-state index contributed by atoms with van der Waals surface area (Å²) >= 11 is 0. The van der Waals surface area contributed by atoms with Crippen molar-refractivity contribution in [1.29, 1.82) is 0 Å². The molecule has 0 spiro atoms. The number of rotatable bonds is 3. The van der Waals surface area contributed by atoms with Gasteiger partial charge in [0.05, 0.1) is 0 Å². The maximum atomic E-state index is 13.1. The van der Waals surface area contributed by atoms with E-state index >= 15 is 0 Å². The van der Waals surface area contributed by atoms with Gasteiger partial charge in [0, 0.05) is 6.04 Å². The van der Waals surface area contributed by atoms with Crippen LogP contribution < -0.4 is 5.73 Å². The Morgan fingerprint density at radius 3 is 2.27 bits per heavy atom. The lowest BCUT2D eigenvalue weighted by molar-refractivity contribution is 0.402. The Balaban J connectivity index is 2.99. The lowest BCUT2D eigenvalue weighted by atomic mass is 10.1. The number of hydrogen-bond donors (Lipinski definition) is 1. The maximum absolute atomic E-state index is 13.1. The molecule has 84 valence electrons. The number of benzene rings is 1. The number of halogens is 4. The highest BCUT2D eigenvalue weighted by molar-refractivity contribution is 5.22. The highest BCUT2D eigenvalue weighted by Crippen LogP contribution is 2.19. The summed E-state index contributed by atoms with van der Waals surface area (Å²) in [6.45, 7) is 1.69. The van der Waals surface area contributed by atoms with Crippen LogP contribution >= 0.6 is 0 Å². The minimum atomic E-state index is -1.78. The van der Waals surface area contributed by atoms with Crippen molar-refractivity contribution in [3.63, 3.8) is 0 Å². The smallest absolute Gasteiger partial charge is 0.197 e. The molecule has 1 aromatic rings. The van der Waals surface area contributed by atoms with E-state index in [4.69, 9.17) is 5.73 Å². The first kappa shape index (κ1) is 12.0. The van der Waals surface area contributed by atoms with E-state index in [9.17, 15) is 17.6 Å². The van der Waals surface area contributed by atoms with Gasteiger partial charge in [0.25, 0.3) is 0 Å². The lowest BCUT2D eigenvalue weighted by Crippen LogP contribution is -2.16. The fourth-order valence-electron chi connectivity index (χ4n) is 1.19. The molecule has 0 heterocycles. The first-order valence-corrected chi connectivity index (χ1v) is 4.51. The van der Waals surface area contributed by atoms with E-state index in [1.54, 1.807) is 6.92 Å². The summed E-state index contributed by atoms with van der Waals surface area (Å²) in [6, 6.07) is 0.455. The molecule has 0 fully saturated rings. The molecule has 2 N–H and O–H groups in total. The zero-order chi connectivity index (χ0) is 11.6. The van der Waals surface area contributed by atoms with Gasteiger partial charge in [-0.25, -0.2) is 17.6 Å². The Morgan fingerprint density at radius 1 is 1.13 bits per heavy atom. The van der Waals surface area contributed by atoms with Crippen LogP contribution in [0.15, 0.2) is 6.07 Å². The van der Waals surface area contributed by atoms with E-state index in [0.29, 0.717) is 12.5 Å².